The number of nitrogens with zero attached hydrogens (tertiary/aromatic N) is 2. The largest absolute Gasteiger partial charge is 0.439 e. The molecule has 1 aliphatic heterocycles. The fraction of sp³-hybridized carbons (Fsp3) is 0.312. The van der Waals surface area contributed by atoms with Crippen LogP contribution in [-0.2, 0) is 21.5 Å². The number of nitrogens with one attached hydrogen (secondary N) is 1. The molecule has 0 saturated carbocycles. The number of pyridine rings is 1. The Balaban J connectivity index is 1.71. The average molecular weight is 385 g/mol. The third kappa shape index (κ3) is 4.52. The third-order valence-corrected chi connectivity index (χ3v) is 5.26. The minimum atomic E-state index is -3.67. The highest BCUT2D eigenvalue weighted by Gasteiger charge is 2.24. The van der Waals surface area contributed by atoms with Crippen molar-refractivity contribution in [3.8, 4) is 11.6 Å². The van der Waals surface area contributed by atoms with Gasteiger partial charge < -0.3 is 9.47 Å². The first-order valence-corrected chi connectivity index (χ1v) is 9.29. The van der Waals surface area contributed by atoms with Crippen molar-refractivity contribution in [2.75, 3.05) is 26.3 Å². The van der Waals surface area contributed by atoms with Gasteiger partial charge in [0.25, 0.3) is 10.2 Å². The molecule has 7 nitrogen and oxygen atoms in total. The van der Waals surface area contributed by atoms with Gasteiger partial charge in [-0.2, -0.15) is 17.4 Å². The first kappa shape index (κ1) is 18.6. The van der Waals surface area contributed by atoms with Gasteiger partial charge in [-0.25, -0.2) is 13.8 Å². The molecule has 0 aliphatic carbocycles. The van der Waals surface area contributed by atoms with Crippen LogP contribution in [-0.4, -0.2) is 44.0 Å². The van der Waals surface area contributed by atoms with Crippen LogP contribution in [0.25, 0.3) is 0 Å². The van der Waals surface area contributed by atoms with E-state index in [1.165, 1.54) is 16.6 Å². The fourth-order valence-electron chi connectivity index (χ4n) is 2.35. The molecule has 1 aromatic carbocycles. The molecule has 2 aromatic rings. The van der Waals surface area contributed by atoms with Crippen molar-refractivity contribution in [1.82, 2.24) is 14.0 Å². The van der Waals surface area contributed by atoms with Gasteiger partial charge in [0, 0.05) is 37.5 Å². The quantitative estimate of drug-likeness (QED) is 0.821. The van der Waals surface area contributed by atoms with E-state index >= 15 is 0 Å². The zero-order chi connectivity index (χ0) is 18.6. The molecule has 0 bridgehead atoms. The van der Waals surface area contributed by atoms with Gasteiger partial charge in [-0.05, 0) is 18.2 Å². The molecule has 0 unspecified atom stereocenters. The van der Waals surface area contributed by atoms with Crippen LogP contribution in [0.5, 0.6) is 11.6 Å². The van der Waals surface area contributed by atoms with Crippen LogP contribution >= 0.6 is 0 Å². The van der Waals surface area contributed by atoms with Crippen molar-refractivity contribution in [1.29, 1.82) is 0 Å². The zero-order valence-electron chi connectivity index (χ0n) is 13.7. The van der Waals surface area contributed by atoms with E-state index in [0.717, 1.165) is 12.1 Å². The summed E-state index contributed by atoms with van der Waals surface area (Å²) in [6, 6.07) is 6.34. The number of hydrogen-bond donors (Lipinski definition) is 1. The lowest BCUT2D eigenvalue weighted by Crippen LogP contribution is -2.46. The molecule has 1 N–H and O–H groups in total. The summed E-state index contributed by atoms with van der Waals surface area (Å²) in [5.41, 5.74) is 0.453. The lowest BCUT2D eigenvalue weighted by atomic mass is 10.2. The summed E-state index contributed by atoms with van der Waals surface area (Å²) >= 11 is 0. The molecule has 10 heteroatoms. The molecule has 1 fully saturated rings. The molecule has 140 valence electrons. The Labute approximate surface area is 149 Å². The van der Waals surface area contributed by atoms with Crippen molar-refractivity contribution in [3.63, 3.8) is 0 Å². The second-order valence-corrected chi connectivity index (χ2v) is 7.24. The van der Waals surface area contributed by atoms with E-state index in [2.05, 4.69) is 9.71 Å². The summed E-state index contributed by atoms with van der Waals surface area (Å²) in [5.74, 6) is -1.88. The zero-order valence-corrected chi connectivity index (χ0v) is 14.5. The number of rotatable bonds is 6. The molecule has 0 atom stereocenters. The number of benzene rings is 1. The van der Waals surface area contributed by atoms with Crippen LogP contribution in [0, 0.1) is 11.6 Å². The van der Waals surface area contributed by atoms with Crippen LogP contribution in [0.3, 0.4) is 0 Å². The Kier molecular flexibility index (Phi) is 5.77. The van der Waals surface area contributed by atoms with Crippen LogP contribution in [0.2, 0.25) is 0 Å². The van der Waals surface area contributed by atoms with E-state index < -0.39 is 21.8 Å². The van der Waals surface area contributed by atoms with Crippen LogP contribution in [0.15, 0.2) is 36.5 Å². The van der Waals surface area contributed by atoms with Crippen molar-refractivity contribution in [2.24, 2.45) is 0 Å². The normalized spacial score (nSPS) is 15.8. The van der Waals surface area contributed by atoms with E-state index in [0.29, 0.717) is 18.8 Å². The highest BCUT2D eigenvalue weighted by Crippen LogP contribution is 2.24. The average Bonchev–Trinajstić information content (AvgIpc) is 2.65. The monoisotopic (exact) mass is 385 g/mol. The van der Waals surface area contributed by atoms with Gasteiger partial charge in [0.05, 0.1) is 13.2 Å². The maximum atomic E-state index is 13.3. The first-order valence-electron chi connectivity index (χ1n) is 7.85. The molecule has 2 heterocycles. The predicted octanol–water partition coefficient (Wildman–Crippen LogP) is 1.82. The highest BCUT2D eigenvalue weighted by atomic mass is 32.2. The second kappa shape index (κ2) is 8.04. The van der Waals surface area contributed by atoms with Gasteiger partial charge in [-0.15, -0.1) is 0 Å². The maximum absolute atomic E-state index is 13.3. The molecule has 26 heavy (non-hydrogen) atoms. The SMILES string of the molecule is O=S(=O)(NCc1cccnc1Oc1ccc(F)c(F)c1)N1CCOCC1. The molecular formula is C16H17F2N3O4S. The molecule has 1 aliphatic rings. The summed E-state index contributed by atoms with van der Waals surface area (Å²) in [6.45, 7) is 1.18. The minimum absolute atomic E-state index is 0.0555. The summed E-state index contributed by atoms with van der Waals surface area (Å²) < 4.78 is 65.3. The van der Waals surface area contributed by atoms with Gasteiger partial charge in [-0.3, -0.25) is 0 Å². The van der Waals surface area contributed by atoms with Gasteiger partial charge >= 0.3 is 0 Å². The van der Waals surface area contributed by atoms with Crippen LogP contribution < -0.4 is 9.46 Å². The van der Waals surface area contributed by atoms with Crippen molar-refractivity contribution < 1.29 is 26.7 Å². The Morgan fingerprint density at radius 1 is 1.19 bits per heavy atom. The number of halogens is 2. The molecule has 0 radical (unpaired) electrons. The Morgan fingerprint density at radius 2 is 1.96 bits per heavy atom. The topological polar surface area (TPSA) is 80.8 Å². The van der Waals surface area contributed by atoms with Gasteiger partial charge in [0.2, 0.25) is 5.88 Å². The number of ether oxygens (including phenoxy) is 2. The van der Waals surface area contributed by atoms with E-state index in [9.17, 15) is 17.2 Å². The van der Waals surface area contributed by atoms with Gasteiger partial charge in [0.1, 0.15) is 5.75 Å². The first-order chi connectivity index (χ1) is 12.5. The smallest absolute Gasteiger partial charge is 0.279 e. The predicted molar refractivity (Wildman–Crippen MR) is 88.8 cm³/mol. The number of aromatic nitrogens is 1. The maximum Gasteiger partial charge on any atom is 0.279 e. The number of morpholine rings is 1. The molecule has 1 saturated heterocycles. The Morgan fingerprint density at radius 3 is 2.69 bits per heavy atom. The summed E-state index contributed by atoms with van der Waals surface area (Å²) in [5, 5.41) is 0. The molecule has 1 aromatic heterocycles. The lowest BCUT2D eigenvalue weighted by Gasteiger charge is -2.26. The second-order valence-electron chi connectivity index (χ2n) is 5.48. The standard InChI is InChI=1S/C16H17F2N3O4S/c17-14-4-3-13(10-15(14)18)25-16-12(2-1-5-19-16)11-20-26(22,23)21-6-8-24-9-7-21/h1-5,10,20H,6-9,11H2. The Hall–Kier alpha value is -2.14. The van der Waals surface area contributed by atoms with E-state index in [1.54, 1.807) is 12.1 Å². The van der Waals surface area contributed by atoms with Crippen molar-refractivity contribution >= 4 is 10.2 Å². The van der Waals surface area contributed by atoms with E-state index in [4.69, 9.17) is 9.47 Å². The fourth-order valence-corrected chi connectivity index (χ4v) is 3.50. The Bertz CT molecular complexity index is 874. The molecule has 0 spiro atoms. The molecular weight excluding hydrogens is 368 g/mol. The van der Waals surface area contributed by atoms with Crippen LogP contribution in [0.4, 0.5) is 8.78 Å². The van der Waals surface area contributed by atoms with Gasteiger partial charge in [0.15, 0.2) is 11.6 Å². The summed E-state index contributed by atoms with van der Waals surface area (Å²) in [4.78, 5) is 4.03. The third-order valence-electron chi connectivity index (χ3n) is 3.71. The summed E-state index contributed by atoms with van der Waals surface area (Å²) in [6.07, 6.45) is 1.45. The van der Waals surface area contributed by atoms with Gasteiger partial charge in [-0.1, -0.05) is 6.07 Å². The van der Waals surface area contributed by atoms with E-state index in [1.807, 2.05) is 0 Å². The number of hydrogen-bond acceptors (Lipinski definition) is 5. The van der Waals surface area contributed by atoms with E-state index in [-0.39, 0.29) is 31.3 Å². The molecule has 3 rings (SSSR count). The van der Waals surface area contributed by atoms with Crippen molar-refractivity contribution in [2.45, 2.75) is 6.54 Å². The minimum Gasteiger partial charge on any atom is -0.439 e. The van der Waals surface area contributed by atoms with Crippen molar-refractivity contribution in [3.05, 3.63) is 53.7 Å². The molecule has 0 amide bonds. The van der Waals surface area contributed by atoms with Crippen LogP contribution in [0.1, 0.15) is 5.56 Å². The lowest BCUT2D eigenvalue weighted by molar-refractivity contribution is 0.0724. The summed E-state index contributed by atoms with van der Waals surface area (Å²) in [7, 11) is -3.67. The highest BCUT2D eigenvalue weighted by molar-refractivity contribution is 7.87.